The Balaban J connectivity index is 3.39. The van der Waals surface area contributed by atoms with E-state index in [0.29, 0.717) is 35.6 Å². The molecule has 0 aliphatic heterocycles. The van der Waals surface area contributed by atoms with Crippen LogP contribution in [0.15, 0.2) is 0 Å². The summed E-state index contributed by atoms with van der Waals surface area (Å²) in [7, 11) is 0. The fraction of sp³-hybridized carbons (Fsp3) is 0.400. The van der Waals surface area contributed by atoms with Crippen molar-refractivity contribution in [1.29, 1.82) is 10.5 Å². The van der Waals surface area contributed by atoms with E-state index in [0.717, 1.165) is 0 Å². The topological polar surface area (TPSA) is 73.4 Å². The van der Waals surface area contributed by atoms with E-state index in [1.54, 1.807) is 0 Å². The maximum Gasteiger partial charge on any atom is 0.162 e. The molecule has 0 radical (unpaired) electrons. The van der Waals surface area contributed by atoms with E-state index in [9.17, 15) is 0 Å². The minimum absolute atomic E-state index is 0.336. The second-order valence-corrected chi connectivity index (χ2v) is 2.74. The molecule has 0 unspecified atom stereocenters. The standard InChI is InChI=1S/C10H10N4/c1-3-7-9(5-11)14-8(4-2)10(6-12)13-7/h3-4H2,1-2H3. The summed E-state index contributed by atoms with van der Waals surface area (Å²) >= 11 is 0. The van der Waals surface area contributed by atoms with E-state index in [4.69, 9.17) is 10.5 Å². The highest BCUT2D eigenvalue weighted by Crippen LogP contribution is 2.09. The lowest BCUT2D eigenvalue weighted by atomic mass is 10.2. The van der Waals surface area contributed by atoms with E-state index < -0.39 is 0 Å². The highest BCUT2D eigenvalue weighted by Gasteiger charge is 2.10. The first-order chi connectivity index (χ1) is 6.76. The molecular weight excluding hydrogens is 176 g/mol. The van der Waals surface area contributed by atoms with E-state index in [1.165, 1.54) is 0 Å². The quantitative estimate of drug-likeness (QED) is 0.698. The van der Waals surface area contributed by atoms with Gasteiger partial charge in [-0.2, -0.15) is 10.5 Å². The average Bonchev–Trinajstić information content (AvgIpc) is 2.26. The normalized spacial score (nSPS) is 9.14. The van der Waals surface area contributed by atoms with Crippen molar-refractivity contribution in [3.05, 3.63) is 22.8 Å². The molecule has 0 atom stereocenters. The highest BCUT2D eigenvalue weighted by molar-refractivity contribution is 5.34. The third-order valence-corrected chi connectivity index (χ3v) is 1.92. The molecule has 70 valence electrons. The number of rotatable bonds is 2. The summed E-state index contributed by atoms with van der Waals surface area (Å²) in [6.07, 6.45) is 1.24. The van der Waals surface area contributed by atoms with Crippen LogP contribution in [0.1, 0.15) is 36.6 Å². The number of aryl methyl sites for hydroxylation is 2. The lowest BCUT2D eigenvalue weighted by Gasteiger charge is -2.03. The van der Waals surface area contributed by atoms with Crippen LogP contribution in [0, 0.1) is 22.7 Å². The van der Waals surface area contributed by atoms with Gasteiger partial charge in [0.1, 0.15) is 12.1 Å². The zero-order valence-electron chi connectivity index (χ0n) is 8.20. The molecule has 0 N–H and O–H groups in total. The van der Waals surface area contributed by atoms with Crippen molar-refractivity contribution >= 4 is 0 Å². The number of hydrogen-bond donors (Lipinski definition) is 0. The maximum atomic E-state index is 8.80. The number of nitrogens with zero attached hydrogens (tertiary/aromatic N) is 4. The van der Waals surface area contributed by atoms with Crippen molar-refractivity contribution < 1.29 is 0 Å². The van der Waals surface area contributed by atoms with Crippen molar-refractivity contribution in [2.45, 2.75) is 26.7 Å². The van der Waals surface area contributed by atoms with Crippen molar-refractivity contribution in [2.24, 2.45) is 0 Å². The van der Waals surface area contributed by atoms with E-state index in [1.807, 2.05) is 26.0 Å². The lowest BCUT2D eigenvalue weighted by molar-refractivity contribution is 0.907. The fourth-order valence-electron chi connectivity index (χ4n) is 1.18. The second-order valence-electron chi connectivity index (χ2n) is 2.74. The average molecular weight is 186 g/mol. The molecule has 0 aliphatic carbocycles. The third kappa shape index (κ3) is 1.70. The summed E-state index contributed by atoms with van der Waals surface area (Å²) < 4.78 is 0. The van der Waals surface area contributed by atoms with Gasteiger partial charge in [0.2, 0.25) is 0 Å². The minimum Gasteiger partial charge on any atom is -0.237 e. The molecule has 0 aromatic carbocycles. The predicted octanol–water partition coefficient (Wildman–Crippen LogP) is 1.34. The Kier molecular flexibility index (Phi) is 3.14. The Morgan fingerprint density at radius 1 is 0.929 bits per heavy atom. The minimum atomic E-state index is 0.336. The number of hydrogen-bond acceptors (Lipinski definition) is 4. The molecule has 1 aromatic rings. The zero-order valence-corrected chi connectivity index (χ0v) is 8.20. The smallest absolute Gasteiger partial charge is 0.162 e. The summed E-state index contributed by atoms with van der Waals surface area (Å²) in [5.74, 6) is 0. The van der Waals surface area contributed by atoms with Gasteiger partial charge >= 0.3 is 0 Å². The molecule has 0 amide bonds. The van der Waals surface area contributed by atoms with Gasteiger partial charge < -0.3 is 0 Å². The van der Waals surface area contributed by atoms with E-state index in [2.05, 4.69) is 9.97 Å². The van der Waals surface area contributed by atoms with Crippen LogP contribution in [0.5, 0.6) is 0 Å². The maximum absolute atomic E-state index is 8.80. The second kappa shape index (κ2) is 4.34. The Hall–Kier alpha value is -1.94. The molecule has 4 nitrogen and oxygen atoms in total. The molecule has 0 fully saturated rings. The Bertz CT molecular complexity index is 381. The van der Waals surface area contributed by atoms with Gasteiger partial charge in [-0.3, -0.25) is 0 Å². The van der Waals surface area contributed by atoms with Crippen molar-refractivity contribution in [3.8, 4) is 12.1 Å². The third-order valence-electron chi connectivity index (χ3n) is 1.92. The van der Waals surface area contributed by atoms with Crippen molar-refractivity contribution in [2.75, 3.05) is 0 Å². The fourth-order valence-corrected chi connectivity index (χ4v) is 1.18. The van der Waals surface area contributed by atoms with E-state index >= 15 is 0 Å². The summed E-state index contributed by atoms with van der Waals surface area (Å²) in [5.41, 5.74) is 1.87. The van der Waals surface area contributed by atoms with Crippen molar-refractivity contribution in [1.82, 2.24) is 9.97 Å². The van der Waals surface area contributed by atoms with Crippen LogP contribution in [0.3, 0.4) is 0 Å². The zero-order chi connectivity index (χ0) is 10.6. The molecule has 0 spiro atoms. The van der Waals surface area contributed by atoms with Gasteiger partial charge in [-0.15, -0.1) is 0 Å². The summed E-state index contributed by atoms with van der Waals surface area (Å²) in [4.78, 5) is 8.21. The predicted molar refractivity (Wildman–Crippen MR) is 50.2 cm³/mol. The van der Waals surface area contributed by atoms with Crippen LogP contribution in [-0.2, 0) is 12.8 Å². The summed E-state index contributed by atoms with van der Waals surface area (Å²) in [5, 5.41) is 17.6. The largest absolute Gasteiger partial charge is 0.237 e. The van der Waals surface area contributed by atoms with Crippen molar-refractivity contribution in [3.63, 3.8) is 0 Å². The first-order valence-electron chi connectivity index (χ1n) is 4.46. The number of nitriles is 2. The molecule has 0 saturated heterocycles. The molecule has 4 heteroatoms. The monoisotopic (exact) mass is 186 g/mol. The summed E-state index contributed by atoms with van der Waals surface area (Å²) in [6.45, 7) is 3.77. The van der Waals surface area contributed by atoms with Crippen LogP contribution in [0.4, 0.5) is 0 Å². The molecule has 0 bridgehead atoms. The molecule has 1 aromatic heterocycles. The van der Waals surface area contributed by atoms with Crippen LogP contribution in [0.2, 0.25) is 0 Å². The van der Waals surface area contributed by atoms with Crippen LogP contribution in [-0.4, -0.2) is 9.97 Å². The molecule has 0 saturated carbocycles. The first-order valence-corrected chi connectivity index (χ1v) is 4.46. The lowest BCUT2D eigenvalue weighted by Crippen LogP contribution is -2.04. The Morgan fingerprint density at radius 2 is 1.29 bits per heavy atom. The van der Waals surface area contributed by atoms with E-state index in [-0.39, 0.29) is 0 Å². The van der Waals surface area contributed by atoms with Crippen LogP contribution in [0.25, 0.3) is 0 Å². The Labute approximate surface area is 82.8 Å². The van der Waals surface area contributed by atoms with Gasteiger partial charge in [0.05, 0.1) is 11.4 Å². The highest BCUT2D eigenvalue weighted by atomic mass is 14.8. The molecule has 14 heavy (non-hydrogen) atoms. The Morgan fingerprint density at radius 3 is 1.50 bits per heavy atom. The van der Waals surface area contributed by atoms with Crippen LogP contribution >= 0.6 is 0 Å². The number of aromatic nitrogens is 2. The molecule has 0 aliphatic rings. The molecular formula is C10H10N4. The molecule has 1 rings (SSSR count). The SMILES string of the molecule is CCc1nc(C#N)c(CC)nc1C#N. The van der Waals surface area contributed by atoms with Crippen LogP contribution < -0.4 is 0 Å². The first kappa shape index (κ1) is 10.1. The molecule has 1 heterocycles. The van der Waals surface area contributed by atoms with Gasteiger partial charge in [0.15, 0.2) is 11.4 Å². The summed E-state index contributed by atoms with van der Waals surface area (Å²) in [6, 6.07) is 3.98. The van der Waals surface area contributed by atoms with Gasteiger partial charge in [-0.1, -0.05) is 13.8 Å². The van der Waals surface area contributed by atoms with Gasteiger partial charge in [-0.05, 0) is 12.8 Å². The van der Waals surface area contributed by atoms with Gasteiger partial charge in [-0.25, -0.2) is 9.97 Å². The van der Waals surface area contributed by atoms with Gasteiger partial charge in [0, 0.05) is 0 Å². The van der Waals surface area contributed by atoms with Gasteiger partial charge in [0.25, 0.3) is 0 Å².